The lowest BCUT2D eigenvalue weighted by Gasteiger charge is -2.22. The number of nitrogens with one attached hydrogen (secondary N) is 2. The number of nitrogens with zero attached hydrogens (tertiary/aromatic N) is 4. The van der Waals surface area contributed by atoms with Gasteiger partial charge in [0.25, 0.3) is 0 Å². The van der Waals surface area contributed by atoms with Crippen LogP contribution in [0.1, 0.15) is 41.5 Å². The van der Waals surface area contributed by atoms with Gasteiger partial charge in [-0.1, -0.05) is 6.07 Å². The summed E-state index contributed by atoms with van der Waals surface area (Å²) in [5, 5.41) is 12.6. The molecule has 7 nitrogen and oxygen atoms in total. The molecule has 1 aromatic carbocycles. The van der Waals surface area contributed by atoms with E-state index in [1.807, 2.05) is 13.8 Å². The summed E-state index contributed by atoms with van der Waals surface area (Å²) < 4.78 is 15.6. The number of halogens is 1. The van der Waals surface area contributed by atoms with E-state index in [4.69, 9.17) is 0 Å². The highest BCUT2D eigenvalue weighted by molar-refractivity contribution is 5.93. The average Bonchev–Trinajstić information content (AvgIpc) is 3.43. The number of hydrogen-bond acceptors (Lipinski definition) is 4. The van der Waals surface area contributed by atoms with Gasteiger partial charge in [-0.3, -0.25) is 14.3 Å². The van der Waals surface area contributed by atoms with Crippen LogP contribution in [0.25, 0.3) is 5.69 Å². The average molecular weight is 406 g/mol. The monoisotopic (exact) mass is 406 g/mol. The van der Waals surface area contributed by atoms with Crippen molar-refractivity contribution in [2.45, 2.75) is 32.7 Å². The number of anilines is 1. The van der Waals surface area contributed by atoms with Gasteiger partial charge in [0.1, 0.15) is 23.5 Å². The van der Waals surface area contributed by atoms with Crippen LogP contribution in [-0.2, 0) is 4.79 Å². The summed E-state index contributed by atoms with van der Waals surface area (Å²) in [5.41, 5.74) is 2.48. The van der Waals surface area contributed by atoms with Gasteiger partial charge in [-0.15, -0.1) is 0 Å². The molecule has 0 spiro atoms. The standard InChI is InChI=1S/C22H23FN6O/c1-14-15(2)29(17-6-3-5-16(23)11-17)22(18(14)12-24)27-20(30)13-28-10-4-7-19(28)21-25-8-9-26-21/h3,5-6,8-9,11,19H,4,7,10,13H2,1-2H3,(H,25,26)(H,27,30)/t19-/m0/s1. The lowest BCUT2D eigenvalue weighted by molar-refractivity contribution is -0.117. The maximum absolute atomic E-state index is 13.8. The van der Waals surface area contributed by atoms with Gasteiger partial charge in [0.05, 0.1) is 23.8 Å². The van der Waals surface area contributed by atoms with Crippen molar-refractivity contribution in [1.82, 2.24) is 19.4 Å². The Kier molecular flexibility index (Phi) is 5.38. The van der Waals surface area contributed by atoms with E-state index in [0.717, 1.165) is 36.5 Å². The normalized spacial score (nSPS) is 16.5. The Labute approximate surface area is 174 Å². The zero-order valence-corrected chi connectivity index (χ0v) is 16.9. The maximum Gasteiger partial charge on any atom is 0.239 e. The Balaban J connectivity index is 1.62. The molecule has 1 aliphatic heterocycles. The van der Waals surface area contributed by atoms with Crippen molar-refractivity contribution >= 4 is 11.7 Å². The Hall–Kier alpha value is -3.44. The van der Waals surface area contributed by atoms with Crippen molar-refractivity contribution in [2.75, 3.05) is 18.4 Å². The van der Waals surface area contributed by atoms with Crippen LogP contribution in [0, 0.1) is 31.0 Å². The second-order valence-electron chi connectivity index (χ2n) is 7.51. The van der Waals surface area contributed by atoms with Crippen molar-refractivity contribution in [3.8, 4) is 11.8 Å². The zero-order valence-electron chi connectivity index (χ0n) is 16.9. The van der Waals surface area contributed by atoms with E-state index < -0.39 is 0 Å². The molecule has 3 heterocycles. The summed E-state index contributed by atoms with van der Waals surface area (Å²) in [7, 11) is 0. The van der Waals surface area contributed by atoms with Crippen molar-refractivity contribution < 1.29 is 9.18 Å². The number of likely N-dealkylation sites (tertiary alicyclic amines) is 1. The Bertz CT molecular complexity index is 1110. The van der Waals surface area contributed by atoms with Crippen LogP contribution < -0.4 is 5.32 Å². The first-order valence-electron chi connectivity index (χ1n) is 9.90. The van der Waals surface area contributed by atoms with Crippen LogP contribution in [0.15, 0.2) is 36.7 Å². The predicted molar refractivity (Wildman–Crippen MR) is 111 cm³/mol. The molecule has 3 aromatic rings. The number of carbonyl (C=O) groups excluding carboxylic acids is 1. The lowest BCUT2D eigenvalue weighted by Crippen LogP contribution is -2.33. The number of carbonyl (C=O) groups is 1. The van der Waals surface area contributed by atoms with E-state index in [1.54, 1.807) is 29.1 Å². The van der Waals surface area contributed by atoms with E-state index >= 15 is 0 Å². The maximum atomic E-state index is 13.8. The molecule has 154 valence electrons. The van der Waals surface area contributed by atoms with Crippen LogP contribution in [0.3, 0.4) is 0 Å². The molecule has 4 rings (SSSR count). The highest BCUT2D eigenvalue weighted by Crippen LogP contribution is 2.32. The third-order valence-corrected chi connectivity index (χ3v) is 5.69. The largest absolute Gasteiger partial charge is 0.347 e. The van der Waals surface area contributed by atoms with Gasteiger partial charge < -0.3 is 10.3 Å². The number of imidazole rings is 1. The molecule has 2 N–H and O–H groups in total. The molecular weight excluding hydrogens is 383 g/mol. The SMILES string of the molecule is Cc1c(C#N)c(NC(=O)CN2CCC[C@H]2c2ncc[nH]2)n(-c2cccc(F)c2)c1C. The predicted octanol–water partition coefficient (Wildman–Crippen LogP) is 3.60. The molecule has 30 heavy (non-hydrogen) atoms. The number of aromatic amines is 1. The highest BCUT2D eigenvalue weighted by atomic mass is 19.1. The van der Waals surface area contributed by atoms with Crippen LogP contribution in [0.4, 0.5) is 10.2 Å². The van der Waals surface area contributed by atoms with E-state index in [-0.39, 0.29) is 24.3 Å². The molecule has 0 saturated carbocycles. The summed E-state index contributed by atoms with van der Waals surface area (Å²) in [6, 6.07) is 8.35. The molecule has 0 bridgehead atoms. The third-order valence-electron chi connectivity index (χ3n) is 5.69. The summed E-state index contributed by atoms with van der Waals surface area (Å²) >= 11 is 0. The fourth-order valence-corrected chi connectivity index (χ4v) is 4.14. The molecule has 0 aliphatic carbocycles. The molecule has 1 atom stereocenters. The first-order valence-corrected chi connectivity index (χ1v) is 9.90. The molecule has 0 radical (unpaired) electrons. The van der Waals surface area contributed by atoms with Gasteiger partial charge in [-0.25, -0.2) is 9.37 Å². The Morgan fingerprint density at radius 2 is 2.27 bits per heavy atom. The minimum Gasteiger partial charge on any atom is -0.347 e. The number of aromatic nitrogens is 3. The summed E-state index contributed by atoms with van der Waals surface area (Å²) in [5.74, 6) is 0.622. The van der Waals surface area contributed by atoms with Gasteiger partial charge >= 0.3 is 0 Å². The smallest absolute Gasteiger partial charge is 0.239 e. The molecule has 1 saturated heterocycles. The first-order chi connectivity index (χ1) is 14.5. The van der Waals surface area contributed by atoms with E-state index in [2.05, 4.69) is 26.3 Å². The summed E-state index contributed by atoms with van der Waals surface area (Å²) in [6.07, 6.45) is 5.41. The van der Waals surface area contributed by atoms with Crippen molar-refractivity contribution in [3.05, 3.63) is 65.1 Å². The van der Waals surface area contributed by atoms with Crippen LogP contribution >= 0.6 is 0 Å². The van der Waals surface area contributed by atoms with Crippen molar-refractivity contribution in [1.29, 1.82) is 5.26 Å². The van der Waals surface area contributed by atoms with Gasteiger partial charge in [0.2, 0.25) is 5.91 Å². The van der Waals surface area contributed by atoms with Gasteiger partial charge in [-0.2, -0.15) is 5.26 Å². The number of hydrogen-bond donors (Lipinski definition) is 2. The van der Waals surface area contributed by atoms with Crippen LogP contribution in [-0.4, -0.2) is 38.4 Å². The van der Waals surface area contributed by atoms with E-state index in [9.17, 15) is 14.4 Å². The molecule has 2 aromatic heterocycles. The minimum atomic E-state index is -0.382. The summed E-state index contributed by atoms with van der Waals surface area (Å²) in [4.78, 5) is 22.5. The molecule has 1 fully saturated rings. The molecule has 8 heteroatoms. The third kappa shape index (κ3) is 3.60. The molecule has 1 amide bonds. The number of H-pyrrole nitrogens is 1. The van der Waals surface area contributed by atoms with E-state index in [0.29, 0.717) is 17.1 Å². The topological polar surface area (TPSA) is 89.7 Å². The second-order valence-corrected chi connectivity index (χ2v) is 7.51. The zero-order chi connectivity index (χ0) is 21.3. The van der Waals surface area contributed by atoms with Crippen molar-refractivity contribution in [2.24, 2.45) is 0 Å². The molecule has 1 aliphatic rings. The van der Waals surface area contributed by atoms with Crippen molar-refractivity contribution in [3.63, 3.8) is 0 Å². The van der Waals surface area contributed by atoms with Gasteiger partial charge in [0, 0.05) is 18.1 Å². The number of rotatable bonds is 5. The Morgan fingerprint density at radius 3 is 2.97 bits per heavy atom. The van der Waals surface area contributed by atoms with Gasteiger partial charge in [-0.05, 0) is 57.0 Å². The Morgan fingerprint density at radius 1 is 1.43 bits per heavy atom. The van der Waals surface area contributed by atoms with Crippen LogP contribution in [0.5, 0.6) is 0 Å². The molecule has 0 unspecified atom stereocenters. The highest BCUT2D eigenvalue weighted by Gasteiger charge is 2.30. The quantitative estimate of drug-likeness (QED) is 0.677. The van der Waals surface area contributed by atoms with E-state index in [1.165, 1.54) is 12.1 Å². The number of benzene rings is 1. The first kappa shape index (κ1) is 19.9. The number of nitriles is 1. The second kappa shape index (κ2) is 8.13. The molecular formula is C22H23FN6O. The fraction of sp³-hybridized carbons (Fsp3) is 0.318. The van der Waals surface area contributed by atoms with Crippen LogP contribution in [0.2, 0.25) is 0 Å². The van der Waals surface area contributed by atoms with Gasteiger partial charge in [0.15, 0.2) is 0 Å². The fourth-order valence-electron chi connectivity index (χ4n) is 4.14. The minimum absolute atomic E-state index is 0.0691. The summed E-state index contributed by atoms with van der Waals surface area (Å²) in [6.45, 7) is 4.66. The lowest BCUT2D eigenvalue weighted by atomic mass is 10.2. The number of amides is 1.